The predicted octanol–water partition coefficient (Wildman–Crippen LogP) is 5.13. The van der Waals surface area contributed by atoms with Crippen LogP contribution in [0, 0.1) is 16.7 Å². The maximum Gasteiger partial charge on any atom is 0.416 e. The van der Waals surface area contributed by atoms with Gasteiger partial charge in [-0.1, -0.05) is 18.9 Å². The average Bonchev–Trinajstić information content (AvgIpc) is 2.66. The highest BCUT2D eigenvalue weighted by Gasteiger charge is 2.49. The number of alkyl halides is 3. The van der Waals surface area contributed by atoms with Crippen molar-refractivity contribution in [3.8, 4) is 6.07 Å². The minimum absolute atomic E-state index is 0.170. The number of nitriles is 1. The van der Waals surface area contributed by atoms with E-state index in [2.05, 4.69) is 16.1 Å². The van der Waals surface area contributed by atoms with Crippen LogP contribution < -0.4 is 10.0 Å². The van der Waals surface area contributed by atoms with Crippen molar-refractivity contribution in [3.05, 3.63) is 29.3 Å². The molecule has 1 amide bonds. The third kappa shape index (κ3) is 4.03. The first-order valence-corrected chi connectivity index (χ1v) is 10.0. The number of anilines is 1. The summed E-state index contributed by atoms with van der Waals surface area (Å²) in [5.74, 6) is 0.284. The quantitative estimate of drug-likeness (QED) is 0.676. The first-order valence-electron chi connectivity index (χ1n) is 9.05. The predicted molar refractivity (Wildman–Crippen MR) is 99.1 cm³/mol. The van der Waals surface area contributed by atoms with Crippen LogP contribution >= 0.6 is 11.9 Å². The lowest BCUT2D eigenvalue weighted by molar-refractivity contribution is -0.137. The highest BCUT2D eigenvalue weighted by molar-refractivity contribution is 8.00. The fourth-order valence-electron chi connectivity index (χ4n) is 4.00. The highest BCUT2D eigenvalue weighted by atomic mass is 32.2. The van der Waals surface area contributed by atoms with Crippen LogP contribution in [-0.2, 0) is 6.18 Å². The number of amides is 1. The minimum Gasteiger partial charge on any atom is -0.347 e. The maximum absolute atomic E-state index is 13.0. The number of rotatable bonds is 5. The number of nitrogens with one attached hydrogen (secondary N) is 2. The summed E-state index contributed by atoms with van der Waals surface area (Å²) in [6.45, 7) is 1.87. The minimum atomic E-state index is -4.46. The molecule has 0 radical (unpaired) electrons. The molecular formula is C19H22F3N3OS. The molecule has 8 heteroatoms. The zero-order valence-electron chi connectivity index (χ0n) is 15.1. The molecule has 2 N–H and O–H groups in total. The van der Waals surface area contributed by atoms with Gasteiger partial charge in [0.1, 0.15) is 0 Å². The lowest BCUT2D eigenvalue weighted by atomic mass is 9.58. The number of carbonyl (C=O) groups is 1. The van der Waals surface area contributed by atoms with Crippen molar-refractivity contribution in [3.63, 3.8) is 0 Å². The van der Waals surface area contributed by atoms with E-state index >= 15 is 0 Å². The molecule has 3 aliphatic carbocycles. The Morgan fingerprint density at radius 2 is 1.85 bits per heavy atom. The van der Waals surface area contributed by atoms with Crippen LogP contribution in [-0.4, -0.2) is 17.2 Å². The average molecular weight is 397 g/mol. The summed E-state index contributed by atoms with van der Waals surface area (Å²) in [7, 11) is 0. The second-order valence-electron chi connectivity index (χ2n) is 7.42. The molecule has 0 atom stereocenters. The Morgan fingerprint density at radius 3 is 2.37 bits per heavy atom. The van der Waals surface area contributed by atoms with Crippen LogP contribution in [0.4, 0.5) is 18.9 Å². The van der Waals surface area contributed by atoms with Crippen LogP contribution in [0.3, 0.4) is 0 Å². The fraction of sp³-hybridized carbons (Fsp3) is 0.579. The van der Waals surface area contributed by atoms with Crippen LogP contribution in [0.15, 0.2) is 18.2 Å². The molecule has 0 unspecified atom stereocenters. The normalized spacial score (nSPS) is 27.1. The van der Waals surface area contributed by atoms with Crippen molar-refractivity contribution in [1.82, 2.24) is 5.32 Å². The second kappa shape index (κ2) is 7.27. The van der Waals surface area contributed by atoms with Gasteiger partial charge in [0.15, 0.2) is 0 Å². The molecule has 146 valence electrons. The zero-order valence-corrected chi connectivity index (χ0v) is 15.9. The van der Waals surface area contributed by atoms with Gasteiger partial charge >= 0.3 is 6.18 Å². The van der Waals surface area contributed by atoms with Crippen molar-refractivity contribution in [2.75, 3.05) is 10.5 Å². The van der Waals surface area contributed by atoms with Crippen molar-refractivity contribution < 1.29 is 18.0 Å². The van der Waals surface area contributed by atoms with Crippen molar-refractivity contribution in [1.29, 1.82) is 5.26 Å². The Kier molecular flexibility index (Phi) is 5.35. The smallest absolute Gasteiger partial charge is 0.347 e. The Bertz CT molecular complexity index is 748. The van der Waals surface area contributed by atoms with Gasteiger partial charge in [-0.3, -0.25) is 4.79 Å². The van der Waals surface area contributed by atoms with E-state index in [1.54, 1.807) is 0 Å². The molecule has 1 aromatic rings. The Morgan fingerprint density at radius 1 is 1.22 bits per heavy atom. The third-order valence-electron chi connectivity index (χ3n) is 5.78. The molecule has 4 rings (SSSR count). The monoisotopic (exact) mass is 397 g/mol. The molecule has 2 bridgehead atoms. The largest absolute Gasteiger partial charge is 0.416 e. The van der Waals surface area contributed by atoms with E-state index in [1.807, 2.05) is 6.92 Å². The van der Waals surface area contributed by atoms with E-state index < -0.39 is 11.7 Å². The van der Waals surface area contributed by atoms with Gasteiger partial charge in [-0.2, -0.15) is 18.4 Å². The Hall–Kier alpha value is -1.88. The summed E-state index contributed by atoms with van der Waals surface area (Å²) in [6.07, 6.45) is 0.0152. The number of halogens is 3. The van der Waals surface area contributed by atoms with E-state index in [-0.39, 0.29) is 28.1 Å². The van der Waals surface area contributed by atoms with Gasteiger partial charge in [-0.05, 0) is 56.7 Å². The number of nitrogens with zero attached hydrogens (tertiary/aromatic N) is 1. The van der Waals surface area contributed by atoms with E-state index in [4.69, 9.17) is 0 Å². The van der Waals surface area contributed by atoms with Gasteiger partial charge in [0.05, 0.1) is 28.3 Å². The molecule has 4 nitrogen and oxygen atoms in total. The zero-order chi connectivity index (χ0) is 19.7. The summed E-state index contributed by atoms with van der Waals surface area (Å²) in [5, 5.41) is 12.5. The van der Waals surface area contributed by atoms with Crippen LogP contribution in [0.25, 0.3) is 0 Å². The molecule has 3 saturated carbocycles. The number of hydrogen-bond donors (Lipinski definition) is 2. The number of benzene rings is 1. The third-order valence-corrected chi connectivity index (χ3v) is 6.43. The summed E-state index contributed by atoms with van der Waals surface area (Å²) in [5.41, 5.74) is -1.02. The number of hydrogen-bond acceptors (Lipinski definition) is 4. The van der Waals surface area contributed by atoms with E-state index in [0.29, 0.717) is 5.75 Å². The van der Waals surface area contributed by atoms with Crippen molar-refractivity contribution >= 4 is 23.5 Å². The van der Waals surface area contributed by atoms with Crippen LogP contribution in [0.1, 0.15) is 61.4 Å². The molecule has 0 spiro atoms. The highest BCUT2D eigenvalue weighted by Crippen LogP contribution is 2.52. The standard InChI is InChI=1S/C19H22F3N3OS/c1-2-27-25-15-11-13(19(20,21)22)3-4-14(15)16(26)24-18-8-5-17(12-23,6-9-18)7-10-18/h3-4,11,25H,2,5-10H2,1H3,(H,24,26). The van der Waals surface area contributed by atoms with E-state index in [1.165, 1.54) is 18.0 Å². The molecular weight excluding hydrogens is 375 g/mol. The fourth-order valence-corrected chi connectivity index (χ4v) is 4.47. The summed E-state index contributed by atoms with van der Waals surface area (Å²) in [6, 6.07) is 5.59. The first kappa shape index (κ1) is 19.9. The van der Waals surface area contributed by atoms with Gasteiger partial charge in [-0.25, -0.2) is 0 Å². The number of carbonyl (C=O) groups excluding carboxylic acids is 1. The van der Waals surface area contributed by atoms with Gasteiger partial charge in [-0.15, -0.1) is 0 Å². The lowest BCUT2D eigenvalue weighted by Crippen LogP contribution is -2.56. The Balaban J connectivity index is 1.81. The molecule has 0 heterocycles. The van der Waals surface area contributed by atoms with Gasteiger partial charge in [0.25, 0.3) is 5.91 Å². The first-order chi connectivity index (χ1) is 12.7. The van der Waals surface area contributed by atoms with E-state index in [9.17, 15) is 23.2 Å². The molecule has 0 aliphatic heterocycles. The van der Waals surface area contributed by atoms with Gasteiger partial charge in [0.2, 0.25) is 0 Å². The molecule has 0 saturated heterocycles. The Labute approximate surface area is 161 Å². The van der Waals surface area contributed by atoms with E-state index in [0.717, 1.165) is 50.7 Å². The molecule has 1 aromatic carbocycles. The summed E-state index contributed by atoms with van der Waals surface area (Å²) in [4.78, 5) is 12.9. The van der Waals surface area contributed by atoms with Crippen LogP contribution in [0.2, 0.25) is 0 Å². The van der Waals surface area contributed by atoms with Crippen molar-refractivity contribution in [2.45, 2.75) is 57.2 Å². The van der Waals surface area contributed by atoms with Gasteiger partial charge in [0, 0.05) is 11.3 Å². The molecule has 27 heavy (non-hydrogen) atoms. The number of fused-ring (bicyclic) bond motifs is 3. The lowest BCUT2D eigenvalue weighted by Gasteiger charge is -2.50. The summed E-state index contributed by atoms with van der Waals surface area (Å²) >= 11 is 1.24. The molecule has 0 aromatic heterocycles. The van der Waals surface area contributed by atoms with Crippen LogP contribution in [0.5, 0.6) is 0 Å². The summed E-state index contributed by atoms with van der Waals surface area (Å²) < 4.78 is 41.9. The molecule has 3 aliphatic rings. The molecule has 3 fully saturated rings. The SMILES string of the molecule is CCSNc1cc(C(F)(F)F)ccc1C(=O)NC12CCC(C#N)(CC1)CC2. The second-order valence-corrected chi connectivity index (χ2v) is 8.49. The topological polar surface area (TPSA) is 64.9 Å². The van der Waals surface area contributed by atoms with Gasteiger partial charge < -0.3 is 10.0 Å². The van der Waals surface area contributed by atoms with Crippen molar-refractivity contribution in [2.24, 2.45) is 5.41 Å². The maximum atomic E-state index is 13.0.